The molecule has 0 aromatic carbocycles. The van der Waals surface area contributed by atoms with Crippen LogP contribution in [0.2, 0.25) is 0 Å². The molecule has 4 N–H and O–H groups in total. The molecule has 31 heavy (non-hydrogen) atoms. The van der Waals surface area contributed by atoms with Crippen molar-refractivity contribution in [2.24, 2.45) is 11.8 Å². The van der Waals surface area contributed by atoms with Gasteiger partial charge in [0.1, 0.15) is 0 Å². The van der Waals surface area contributed by atoms with E-state index in [1.165, 1.54) is 0 Å². The van der Waals surface area contributed by atoms with Crippen molar-refractivity contribution >= 4 is 36.8 Å². The van der Waals surface area contributed by atoms with E-state index in [0.29, 0.717) is 0 Å². The van der Waals surface area contributed by atoms with Gasteiger partial charge in [-0.05, 0) is 25.2 Å². The highest BCUT2D eigenvalue weighted by Crippen LogP contribution is 2.30. The van der Waals surface area contributed by atoms with E-state index >= 15 is 0 Å². The molecule has 1 heterocycles. The van der Waals surface area contributed by atoms with E-state index in [9.17, 15) is 29.1 Å². The average Bonchev–Trinajstić information content (AvgIpc) is 3.03. The summed E-state index contributed by atoms with van der Waals surface area (Å²) < 4.78 is 10.3. The quantitative estimate of drug-likeness (QED) is 0.272. The van der Waals surface area contributed by atoms with Gasteiger partial charge in [-0.1, -0.05) is 33.1 Å². The lowest BCUT2D eigenvalue weighted by Gasteiger charge is -2.24. The number of carbonyl (C=O) groups is 5. The summed E-state index contributed by atoms with van der Waals surface area (Å²) in [6, 6.07) is 0. The molecule has 2 rings (SSSR count). The number of carboxylic acids is 2. The third-order valence-corrected chi connectivity index (χ3v) is 5.42. The van der Waals surface area contributed by atoms with Crippen molar-refractivity contribution < 1.29 is 43.5 Å². The highest BCUT2D eigenvalue weighted by atomic mass is 16.7. The van der Waals surface area contributed by atoms with Crippen LogP contribution in [0.4, 0.5) is 0 Å². The van der Waals surface area contributed by atoms with Gasteiger partial charge in [-0.15, -0.1) is 0 Å². The van der Waals surface area contributed by atoms with Crippen LogP contribution in [0, 0.1) is 11.8 Å². The Labute approximate surface area is 180 Å². The molecule has 11 nitrogen and oxygen atoms in total. The van der Waals surface area contributed by atoms with Crippen LogP contribution in [0.25, 0.3) is 0 Å². The molecule has 0 radical (unpaired) electrons. The Kier molecular flexibility index (Phi) is 8.43. The Balaban J connectivity index is 2.01. The Hall–Kier alpha value is -2.63. The van der Waals surface area contributed by atoms with Gasteiger partial charge in [0.05, 0.1) is 18.9 Å². The van der Waals surface area contributed by atoms with Gasteiger partial charge < -0.3 is 30.2 Å². The smallest absolute Gasteiger partial charge is 0.506 e. The maximum atomic E-state index is 12.4. The zero-order chi connectivity index (χ0) is 23.2. The summed E-state index contributed by atoms with van der Waals surface area (Å²) >= 11 is 0. The molecule has 0 aromatic rings. The first-order valence-electron chi connectivity index (χ1n) is 10.5. The normalized spacial score (nSPS) is 22.7. The average molecular weight is 440 g/mol. The van der Waals surface area contributed by atoms with Crippen molar-refractivity contribution in [1.29, 1.82) is 0 Å². The van der Waals surface area contributed by atoms with Gasteiger partial charge in [-0.25, -0.2) is 9.59 Å². The van der Waals surface area contributed by atoms with Gasteiger partial charge >= 0.3 is 25.0 Å². The number of amides is 2. The van der Waals surface area contributed by atoms with Crippen LogP contribution < -0.4 is 10.6 Å². The molecular formula is C19H29BN2O9. The molecule has 1 aliphatic carbocycles. The van der Waals surface area contributed by atoms with Crippen molar-refractivity contribution in [1.82, 2.24) is 10.6 Å². The number of aliphatic carboxylic acids is 2. The second-order valence-corrected chi connectivity index (χ2v) is 8.45. The number of hydrogen-bond acceptors (Lipinski definition) is 7. The van der Waals surface area contributed by atoms with Gasteiger partial charge in [-0.2, -0.15) is 0 Å². The van der Waals surface area contributed by atoms with E-state index < -0.39 is 48.9 Å². The zero-order valence-electron chi connectivity index (χ0n) is 17.7. The van der Waals surface area contributed by atoms with E-state index in [1.54, 1.807) is 0 Å². The molecule has 2 amide bonds. The van der Waals surface area contributed by atoms with E-state index in [0.717, 1.165) is 32.1 Å². The molecule has 0 aromatic heterocycles. The van der Waals surface area contributed by atoms with Gasteiger partial charge in [0, 0.05) is 5.92 Å². The summed E-state index contributed by atoms with van der Waals surface area (Å²) in [7, 11) is -1.47. The largest absolute Gasteiger partial charge is 0.552 e. The number of hydrogen-bond donors (Lipinski definition) is 4. The second kappa shape index (κ2) is 10.6. The third-order valence-electron chi connectivity index (χ3n) is 5.42. The fourth-order valence-corrected chi connectivity index (χ4v) is 3.86. The van der Waals surface area contributed by atoms with E-state index in [1.807, 2.05) is 13.8 Å². The Morgan fingerprint density at radius 3 is 2.35 bits per heavy atom. The van der Waals surface area contributed by atoms with Crippen molar-refractivity contribution in [3.05, 3.63) is 0 Å². The summed E-state index contributed by atoms with van der Waals surface area (Å²) in [5, 5.41) is 23.6. The van der Waals surface area contributed by atoms with Crippen LogP contribution >= 0.6 is 0 Å². The minimum atomic E-state index is -2.67. The summed E-state index contributed by atoms with van der Waals surface area (Å²) in [6.45, 7) is 3.38. The number of carboxylic acid groups (broad SMARTS) is 2. The van der Waals surface area contributed by atoms with Crippen LogP contribution in [0.5, 0.6) is 0 Å². The number of carbonyl (C=O) groups excluding carboxylic acids is 3. The number of nitrogens with one attached hydrogen (secondary N) is 2. The van der Waals surface area contributed by atoms with Gasteiger partial charge in [0.15, 0.2) is 0 Å². The summed E-state index contributed by atoms with van der Waals surface area (Å²) in [5.41, 5.74) is -2.67. The molecule has 2 unspecified atom stereocenters. The van der Waals surface area contributed by atoms with Crippen LogP contribution in [0.15, 0.2) is 0 Å². The van der Waals surface area contributed by atoms with Crippen molar-refractivity contribution in [2.45, 2.75) is 70.3 Å². The van der Waals surface area contributed by atoms with E-state index in [-0.39, 0.29) is 30.7 Å². The minimum absolute atomic E-state index is 0.00346. The molecule has 2 aliphatic rings. The first kappa shape index (κ1) is 24.6. The molecular weight excluding hydrogens is 411 g/mol. The SMILES string of the molecule is CC(C)CC(NC(=O)CNC(=O)C1CCCCC1)B1OC(=O)C(CC(=O)O)(C(=O)O)O1. The molecule has 2 atom stereocenters. The summed E-state index contributed by atoms with van der Waals surface area (Å²) in [5.74, 6) is -6.43. The Morgan fingerprint density at radius 2 is 1.81 bits per heavy atom. The fraction of sp³-hybridized carbons (Fsp3) is 0.737. The first-order valence-corrected chi connectivity index (χ1v) is 10.5. The lowest BCUT2D eigenvalue weighted by molar-refractivity contribution is -0.168. The molecule has 1 aliphatic heterocycles. The fourth-order valence-electron chi connectivity index (χ4n) is 3.86. The predicted octanol–water partition coefficient (Wildman–Crippen LogP) is 0.113. The molecule has 12 heteroatoms. The van der Waals surface area contributed by atoms with Gasteiger partial charge in [0.2, 0.25) is 11.8 Å². The highest BCUT2D eigenvalue weighted by molar-refractivity contribution is 6.53. The summed E-state index contributed by atoms with van der Waals surface area (Å²) in [6.07, 6.45) is 3.79. The Bertz CT molecular complexity index is 723. The Morgan fingerprint density at radius 1 is 1.16 bits per heavy atom. The van der Waals surface area contributed by atoms with Crippen LogP contribution in [-0.2, 0) is 33.3 Å². The summed E-state index contributed by atoms with van der Waals surface area (Å²) in [4.78, 5) is 59.5. The molecule has 172 valence electrons. The monoisotopic (exact) mass is 440 g/mol. The van der Waals surface area contributed by atoms with E-state index in [4.69, 9.17) is 14.4 Å². The van der Waals surface area contributed by atoms with Gasteiger partial charge in [0.25, 0.3) is 5.60 Å². The standard InChI is InChI=1S/C19H29BN2O9/c1-11(2)8-13(20-30-18(29)19(31-20,17(27)28)9-15(24)25)22-14(23)10-21-16(26)12-6-4-3-5-7-12/h11-13H,3-10H2,1-2H3,(H,21,26)(H,22,23)(H,24,25)(H,27,28). The topological polar surface area (TPSA) is 168 Å². The molecule has 1 saturated heterocycles. The van der Waals surface area contributed by atoms with Crippen LogP contribution in [0.3, 0.4) is 0 Å². The van der Waals surface area contributed by atoms with Crippen LogP contribution in [-0.4, -0.2) is 65.1 Å². The third kappa shape index (κ3) is 6.43. The lowest BCUT2D eigenvalue weighted by Crippen LogP contribution is -2.53. The molecule has 2 fully saturated rings. The molecule has 0 spiro atoms. The number of rotatable bonds is 10. The van der Waals surface area contributed by atoms with Gasteiger partial charge in [-0.3, -0.25) is 14.4 Å². The highest BCUT2D eigenvalue weighted by Gasteiger charge is 2.62. The van der Waals surface area contributed by atoms with Crippen molar-refractivity contribution in [2.75, 3.05) is 6.54 Å². The van der Waals surface area contributed by atoms with E-state index in [2.05, 4.69) is 10.6 Å². The first-order chi connectivity index (χ1) is 14.5. The van der Waals surface area contributed by atoms with Crippen LogP contribution in [0.1, 0.15) is 58.8 Å². The van der Waals surface area contributed by atoms with Crippen molar-refractivity contribution in [3.63, 3.8) is 0 Å². The van der Waals surface area contributed by atoms with Crippen molar-refractivity contribution in [3.8, 4) is 0 Å². The maximum Gasteiger partial charge on any atom is 0.552 e. The second-order valence-electron chi connectivity index (χ2n) is 8.45. The maximum absolute atomic E-state index is 12.4. The molecule has 1 saturated carbocycles. The predicted molar refractivity (Wildman–Crippen MR) is 107 cm³/mol. The molecule has 0 bridgehead atoms. The zero-order valence-corrected chi connectivity index (χ0v) is 17.7. The lowest BCUT2D eigenvalue weighted by atomic mass is 9.74. The minimum Gasteiger partial charge on any atom is -0.506 e.